The number of halogens is 1. The van der Waals surface area contributed by atoms with Gasteiger partial charge in [0, 0.05) is 17.6 Å². The molecule has 114 valence electrons. The van der Waals surface area contributed by atoms with Crippen LogP contribution in [0.4, 0.5) is 0 Å². The zero-order valence-corrected chi connectivity index (χ0v) is 13.0. The number of amides is 1. The fraction of sp³-hybridized carbons (Fsp3) is 0.562. The molecule has 21 heavy (non-hydrogen) atoms. The van der Waals surface area contributed by atoms with Crippen molar-refractivity contribution in [2.45, 2.75) is 25.8 Å². The zero-order valence-electron chi connectivity index (χ0n) is 12.3. The molecule has 1 atom stereocenters. The number of nitrogens with one attached hydrogen (secondary N) is 1. The standard InChI is InChI=1S/C16H21ClN2O2/c1-11-8-13(2-3-14(11)17)21-10-16(20)18-15-9-19-6-4-12(15)5-7-19/h2-3,8,12,15H,4-7,9-10H2,1H3,(H,18,20). The Morgan fingerprint density at radius 1 is 1.43 bits per heavy atom. The van der Waals surface area contributed by atoms with Crippen LogP contribution < -0.4 is 10.1 Å². The molecule has 3 saturated heterocycles. The van der Waals surface area contributed by atoms with Gasteiger partial charge in [-0.3, -0.25) is 4.79 Å². The predicted octanol–water partition coefficient (Wildman–Crippen LogP) is 2.24. The van der Waals surface area contributed by atoms with E-state index in [1.54, 1.807) is 12.1 Å². The number of carbonyl (C=O) groups excluding carboxylic acids is 1. The third-order valence-electron chi connectivity index (χ3n) is 4.50. The maximum Gasteiger partial charge on any atom is 0.258 e. The summed E-state index contributed by atoms with van der Waals surface area (Å²) in [7, 11) is 0. The smallest absolute Gasteiger partial charge is 0.258 e. The molecular weight excluding hydrogens is 288 g/mol. The molecule has 1 unspecified atom stereocenters. The zero-order chi connectivity index (χ0) is 14.8. The third-order valence-corrected chi connectivity index (χ3v) is 4.93. The summed E-state index contributed by atoms with van der Waals surface area (Å²) < 4.78 is 5.54. The van der Waals surface area contributed by atoms with Crippen LogP contribution in [0, 0.1) is 12.8 Å². The highest BCUT2D eigenvalue weighted by Gasteiger charge is 2.34. The summed E-state index contributed by atoms with van der Waals surface area (Å²) in [4.78, 5) is 14.5. The fourth-order valence-corrected chi connectivity index (χ4v) is 3.35. The summed E-state index contributed by atoms with van der Waals surface area (Å²) in [5.41, 5.74) is 0.951. The Hall–Kier alpha value is -1.26. The Labute approximate surface area is 130 Å². The van der Waals surface area contributed by atoms with Gasteiger partial charge in [0.25, 0.3) is 5.91 Å². The highest BCUT2D eigenvalue weighted by atomic mass is 35.5. The minimum atomic E-state index is -0.0404. The first-order valence-corrected chi connectivity index (χ1v) is 7.90. The lowest BCUT2D eigenvalue weighted by Crippen LogP contribution is -2.57. The van der Waals surface area contributed by atoms with Gasteiger partial charge in [-0.15, -0.1) is 0 Å². The van der Waals surface area contributed by atoms with Crippen LogP contribution in [0.5, 0.6) is 5.75 Å². The van der Waals surface area contributed by atoms with Crippen LogP contribution in [0.2, 0.25) is 5.02 Å². The highest BCUT2D eigenvalue weighted by Crippen LogP contribution is 2.27. The van der Waals surface area contributed by atoms with Gasteiger partial charge in [0.2, 0.25) is 0 Å². The van der Waals surface area contributed by atoms with Gasteiger partial charge in [0.1, 0.15) is 5.75 Å². The van der Waals surface area contributed by atoms with Crippen molar-refractivity contribution in [3.8, 4) is 5.75 Å². The van der Waals surface area contributed by atoms with Crippen molar-refractivity contribution in [3.05, 3.63) is 28.8 Å². The van der Waals surface area contributed by atoms with Crippen LogP contribution in [0.15, 0.2) is 18.2 Å². The fourth-order valence-electron chi connectivity index (χ4n) is 3.23. The molecule has 0 spiro atoms. The van der Waals surface area contributed by atoms with Crippen molar-refractivity contribution in [2.75, 3.05) is 26.2 Å². The molecule has 5 heteroatoms. The second kappa shape index (κ2) is 6.24. The van der Waals surface area contributed by atoms with Crippen molar-refractivity contribution in [2.24, 2.45) is 5.92 Å². The second-order valence-corrected chi connectivity index (χ2v) is 6.42. The summed E-state index contributed by atoms with van der Waals surface area (Å²) in [5, 5.41) is 3.82. The summed E-state index contributed by atoms with van der Waals surface area (Å²) >= 11 is 5.97. The molecule has 3 aliphatic heterocycles. The first-order chi connectivity index (χ1) is 10.1. The summed E-state index contributed by atoms with van der Waals surface area (Å²) in [5.74, 6) is 1.28. The van der Waals surface area contributed by atoms with Crippen LogP contribution in [-0.4, -0.2) is 43.1 Å². The molecule has 3 heterocycles. The van der Waals surface area contributed by atoms with Gasteiger partial charge in [-0.05, 0) is 62.5 Å². The van der Waals surface area contributed by atoms with E-state index in [0.717, 1.165) is 12.1 Å². The molecule has 0 radical (unpaired) electrons. The second-order valence-electron chi connectivity index (χ2n) is 6.01. The molecule has 1 aromatic carbocycles. The third kappa shape index (κ3) is 3.50. The number of rotatable bonds is 4. The first-order valence-electron chi connectivity index (χ1n) is 7.52. The Bertz CT molecular complexity index is 527. The highest BCUT2D eigenvalue weighted by molar-refractivity contribution is 6.31. The molecule has 2 bridgehead atoms. The number of benzene rings is 1. The van der Waals surface area contributed by atoms with Gasteiger partial charge in [-0.1, -0.05) is 11.6 Å². The molecule has 1 amide bonds. The summed E-state index contributed by atoms with van der Waals surface area (Å²) in [6, 6.07) is 5.72. The van der Waals surface area contributed by atoms with E-state index >= 15 is 0 Å². The van der Waals surface area contributed by atoms with Crippen molar-refractivity contribution in [1.82, 2.24) is 10.2 Å². The SMILES string of the molecule is Cc1cc(OCC(=O)NC2CN3CCC2CC3)ccc1Cl. The van der Waals surface area contributed by atoms with Crippen molar-refractivity contribution in [3.63, 3.8) is 0 Å². The number of ether oxygens (including phenoxy) is 1. The molecule has 1 N–H and O–H groups in total. The lowest BCUT2D eigenvalue weighted by molar-refractivity contribution is -0.125. The molecule has 0 aliphatic carbocycles. The normalized spacial score (nSPS) is 27.4. The lowest BCUT2D eigenvalue weighted by atomic mass is 9.84. The van der Waals surface area contributed by atoms with Crippen molar-refractivity contribution in [1.29, 1.82) is 0 Å². The Kier molecular flexibility index (Phi) is 4.36. The number of nitrogens with zero attached hydrogens (tertiary/aromatic N) is 1. The van der Waals surface area contributed by atoms with E-state index in [-0.39, 0.29) is 18.6 Å². The van der Waals surface area contributed by atoms with Gasteiger partial charge in [-0.2, -0.15) is 0 Å². The van der Waals surface area contributed by atoms with E-state index in [9.17, 15) is 4.79 Å². The minimum Gasteiger partial charge on any atom is -0.484 e. The van der Waals surface area contributed by atoms with Crippen LogP contribution in [0.1, 0.15) is 18.4 Å². The molecule has 1 aromatic rings. The number of aryl methyl sites for hydroxylation is 1. The van der Waals surface area contributed by atoms with Crippen LogP contribution in [0.25, 0.3) is 0 Å². The summed E-state index contributed by atoms with van der Waals surface area (Å²) in [6.07, 6.45) is 2.39. The van der Waals surface area contributed by atoms with Crippen LogP contribution in [0.3, 0.4) is 0 Å². The molecule has 3 fully saturated rings. The Balaban J connectivity index is 1.49. The number of fused-ring (bicyclic) bond motifs is 3. The first kappa shape index (κ1) is 14.7. The number of carbonyl (C=O) groups is 1. The van der Waals surface area contributed by atoms with E-state index < -0.39 is 0 Å². The largest absolute Gasteiger partial charge is 0.484 e. The van der Waals surface area contributed by atoms with E-state index in [2.05, 4.69) is 10.2 Å². The molecular formula is C16H21ClN2O2. The number of hydrogen-bond donors (Lipinski definition) is 1. The topological polar surface area (TPSA) is 41.6 Å². The maximum absolute atomic E-state index is 12.0. The molecule has 0 saturated carbocycles. The molecule has 4 rings (SSSR count). The van der Waals surface area contributed by atoms with Gasteiger partial charge in [0.15, 0.2) is 6.61 Å². The van der Waals surface area contributed by atoms with E-state index in [0.29, 0.717) is 16.7 Å². The molecule has 4 nitrogen and oxygen atoms in total. The van der Waals surface area contributed by atoms with E-state index in [1.165, 1.54) is 25.9 Å². The average Bonchev–Trinajstić information content (AvgIpc) is 2.50. The van der Waals surface area contributed by atoms with Gasteiger partial charge in [0.05, 0.1) is 0 Å². The number of piperidine rings is 3. The van der Waals surface area contributed by atoms with Crippen LogP contribution in [-0.2, 0) is 4.79 Å². The monoisotopic (exact) mass is 308 g/mol. The van der Waals surface area contributed by atoms with Crippen LogP contribution >= 0.6 is 11.6 Å². The maximum atomic E-state index is 12.0. The predicted molar refractivity (Wildman–Crippen MR) is 82.8 cm³/mol. The minimum absolute atomic E-state index is 0.0404. The van der Waals surface area contributed by atoms with Gasteiger partial charge < -0.3 is 15.0 Å². The quantitative estimate of drug-likeness (QED) is 0.927. The van der Waals surface area contributed by atoms with Gasteiger partial charge >= 0.3 is 0 Å². The lowest BCUT2D eigenvalue weighted by Gasteiger charge is -2.44. The average molecular weight is 309 g/mol. The van der Waals surface area contributed by atoms with Gasteiger partial charge in [-0.25, -0.2) is 0 Å². The van der Waals surface area contributed by atoms with Crippen molar-refractivity contribution >= 4 is 17.5 Å². The Morgan fingerprint density at radius 3 is 2.81 bits per heavy atom. The number of hydrogen-bond acceptors (Lipinski definition) is 3. The Morgan fingerprint density at radius 2 is 2.19 bits per heavy atom. The van der Waals surface area contributed by atoms with Crippen molar-refractivity contribution < 1.29 is 9.53 Å². The van der Waals surface area contributed by atoms with E-state index in [4.69, 9.17) is 16.3 Å². The molecule has 3 aliphatic rings. The summed E-state index contributed by atoms with van der Waals surface area (Å²) in [6.45, 7) is 5.32. The van der Waals surface area contributed by atoms with E-state index in [1.807, 2.05) is 13.0 Å². The molecule has 0 aromatic heterocycles.